The fourth-order valence-corrected chi connectivity index (χ4v) is 2.76. The van der Waals surface area contributed by atoms with Gasteiger partial charge in [0.25, 0.3) is 0 Å². The van der Waals surface area contributed by atoms with E-state index in [1.54, 1.807) is 6.20 Å². The summed E-state index contributed by atoms with van der Waals surface area (Å²) in [5.74, 6) is 1.03. The van der Waals surface area contributed by atoms with Crippen LogP contribution in [0, 0.1) is 6.92 Å². The van der Waals surface area contributed by atoms with Crippen LogP contribution in [-0.4, -0.2) is 23.2 Å². The Labute approximate surface area is 133 Å². The number of hydrogen-bond acceptors (Lipinski definition) is 3. The molecular formula is C19H26N2O. The molecule has 0 aliphatic carbocycles. The number of aliphatic hydroxyl groups is 1. The van der Waals surface area contributed by atoms with Crippen LogP contribution in [0.1, 0.15) is 49.5 Å². The lowest BCUT2D eigenvalue weighted by atomic mass is 10.0. The molecule has 0 radical (unpaired) electrons. The van der Waals surface area contributed by atoms with Gasteiger partial charge in [-0.05, 0) is 37.0 Å². The summed E-state index contributed by atoms with van der Waals surface area (Å²) in [6.07, 6.45) is 3.40. The number of aromatic nitrogens is 1. The maximum Gasteiger partial charge on any atom is 0.131 e. The van der Waals surface area contributed by atoms with Gasteiger partial charge in [-0.3, -0.25) is 0 Å². The van der Waals surface area contributed by atoms with Crippen LogP contribution >= 0.6 is 0 Å². The Morgan fingerprint density at radius 2 is 1.68 bits per heavy atom. The number of hydrogen-bond donors (Lipinski definition) is 1. The number of aliphatic hydroxyl groups excluding tert-OH is 1. The molecule has 1 atom stereocenters. The Balaban J connectivity index is 2.25. The van der Waals surface area contributed by atoms with Crippen LogP contribution in [0.2, 0.25) is 0 Å². The van der Waals surface area contributed by atoms with Crippen LogP contribution < -0.4 is 4.90 Å². The molecule has 1 N–H and O–H groups in total. The molecule has 22 heavy (non-hydrogen) atoms. The molecule has 0 saturated carbocycles. The monoisotopic (exact) mass is 298 g/mol. The maximum absolute atomic E-state index is 10.5. The molecule has 0 aliphatic rings. The van der Waals surface area contributed by atoms with Gasteiger partial charge in [-0.1, -0.05) is 44.2 Å². The Morgan fingerprint density at radius 1 is 1.05 bits per heavy atom. The quantitative estimate of drug-likeness (QED) is 0.836. The summed E-state index contributed by atoms with van der Waals surface area (Å²) in [5, 5.41) is 10.5. The smallest absolute Gasteiger partial charge is 0.131 e. The zero-order chi connectivity index (χ0) is 15.9. The molecule has 0 bridgehead atoms. The van der Waals surface area contributed by atoms with Gasteiger partial charge in [0.05, 0.1) is 0 Å². The number of benzene rings is 1. The molecule has 2 rings (SSSR count). The second-order valence-electron chi connectivity index (χ2n) is 5.71. The number of nitrogens with zero attached hydrogens (tertiary/aromatic N) is 2. The molecule has 1 aromatic heterocycles. The third-order valence-electron chi connectivity index (χ3n) is 3.79. The first kappa shape index (κ1) is 16.5. The summed E-state index contributed by atoms with van der Waals surface area (Å²) >= 11 is 0. The van der Waals surface area contributed by atoms with Gasteiger partial charge >= 0.3 is 0 Å². The summed E-state index contributed by atoms with van der Waals surface area (Å²) in [6, 6.07) is 11.8. The van der Waals surface area contributed by atoms with Gasteiger partial charge in [0, 0.05) is 24.8 Å². The van der Waals surface area contributed by atoms with Crippen molar-refractivity contribution in [2.75, 3.05) is 18.0 Å². The number of aryl methyl sites for hydroxylation is 1. The lowest BCUT2D eigenvalue weighted by Crippen LogP contribution is -2.26. The van der Waals surface area contributed by atoms with Crippen molar-refractivity contribution < 1.29 is 5.11 Å². The third kappa shape index (κ3) is 3.86. The molecule has 0 aliphatic heterocycles. The Hall–Kier alpha value is -1.87. The van der Waals surface area contributed by atoms with Crippen molar-refractivity contribution in [1.82, 2.24) is 4.98 Å². The second-order valence-corrected chi connectivity index (χ2v) is 5.71. The van der Waals surface area contributed by atoms with Gasteiger partial charge in [0.1, 0.15) is 11.9 Å². The molecule has 118 valence electrons. The van der Waals surface area contributed by atoms with Crippen molar-refractivity contribution >= 4 is 5.82 Å². The Morgan fingerprint density at radius 3 is 2.23 bits per heavy atom. The standard InChI is InChI=1S/C19H26N2O/c1-4-11-21(12-5-2)19-15(3)13-17(14-20-19)18(22)16-9-7-6-8-10-16/h6-10,13-14,18,22H,4-5,11-12H2,1-3H3/t18-/m1/s1. The van der Waals surface area contributed by atoms with Crippen LogP contribution in [0.3, 0.4) is 0 Å². The van der Waals surface area contributed by atoms with Crippen molar-refractivity contribution in [3.05, 3.63) is 59.3 Å². The fourth-order valence-electron chi connectivity index (χ4n) is 2.76. The molecule has 2 aromatic rings. The lowest BCUT2D eigenvalue weighted by molar-refractivity contribution is 0.220. The molecule has 0 saturated heterocycles. The Kier molecular flexibility index (Phi) is 5.96. The molecule has 1 heterocycles. The summed E-state index contributed by atoms with van der Waals surface area (Å²) in [4.78, 5) is 6.96. The van der Waals surface area contributed by atoms with E-state index in [4.69, 9.17) is 0 Å². The van der Waals surface area contributed by atoms with E-state index in [2.05, 4.69) is 36.7 Å². The lowest BCUT2D eigenvalue weighted by Gasteiger charge is -2.25. The van der Waals surface area contributed by atoms with Gasteiger partial charge in [0.15, 0.2) is 0 Å². The number of anilines is 1. The average molecular weight is 298 g/mol. The maximum atomic E-state index is 10.5. The first-order valence-corrected chi connectivity index (χ1v) is 8.11. The van der Waals surface area contributed by atoms with Crippen molar-refractivity contribution in [1.29, 1.82) is 0 Å². The minimum Gasteiger partial charge on any atom is -0.384 e. The number of pyridine rings is 1. The summed E-state index contributed by atoms with van der Waals surface area (Å²) in [5.41, 5.74) is 2.87. The summed E-state index contributed by atoms with van der Waals surface area (Å²) < 4.78 is 0. The van der Waals surface area contributed by atoms with E-state index >= 15 is 0 Å². The van der Waals surface area contributed by atoms with E-state index in [0.717, 1.165) is 48.4 Å². The minimum absolute atomic E-state index is 0.618. The van der Waals surface area contributed by atoms with Gasteiger partial charge in [-0.2, -0.15) is 0 Å². The molecule has 3 nitrogen and oxygen atoms in total. The fraction of sp³-hybridized carbons (Fsp3) is 0.421. The highest BCUT2D eigenvalue weighted by Gasteiger charge is 2.14. The molecule has 3 heteroatoms. The molecule has 1 aromatic carbocycles. The van der Waals surface area contributed by atoms with Crippen molar-refractivity contribution in [3.63, 3.8) is 0 Å². The van der Waals surface area contributed by atoms with Crippen LogP contribution in [0.5, 0.6) is 0 Å². The van der Waals surface area contributed by atoms with Crippen molar-refractivity contribution in [2.24, 2.45) is 0 Å². The van der Waals surface area contributed by atoms with Gasteiger partial charge in [-0.25, -0.2) is 4.98 Å². The predicted octanol–water partition coefficient (Wildman–Crippen LogP) is 4.10. The largest absolute Gasteiger partial charge is 0.384 e. The van der Waals surface area contributed by atoms with Gasteiger partial charge in [0.2, 0.25) is 0 Å². The van der Waals surface area contributed by atoms with Gasteiger partial charge in [-0.15, -0.1) is 0 Å². The van der Waals surface area contributed by atoms with E-state index in [0.29, 0.717) is 0 Å². The molecule has 0 spiro atoms. The highest BCUT2D eigenvalue weighted by molar-refractivity contribution is 5.48. The average Bonchev–Trinajstić information content (AvgIpc) is 2.55. The van der Waals surface area contributed by atoms with Crippen LogP contribution in [0.15, 0.2) is 42.6 Å². The van der Waals surface area contributed by atoms with E-state index < -0.39 is 6.10 Å². The summed E-state index contributed by atoms with van der Waals surface area (Å²) in [7, 11) is 0. The van der Waals surface area contributed by atoms with Crippen molar-refractivity contribution in [3.8, 4) is 0 Å². The predicted molar refractivity (Wildman–Crippen MR) is 92.3 cm³/mol. The first-order chi connectivity index (χ1) is 10.7. The van der Waals surface area contributed by atoms with Crippen LogP contribution in [0.4, 0.5) is 5.82 Å². The normalized spacial score (nSPS) is 12.2. The van der Waals surface area contributed by atoms with Crippen LogP contribution in [-0.2, 0) is 0 Å². The third-order valence-corrected chi connectivity index (χ3v) is 3.79. The second kappa shape index (κ2) is 7.95. The molecule has 0 fully saturated rings. The van der Waals surface area contributed by atoms with Crippen molar-refractivity contribution in [2.45, 2.75) is 39.7 Å². The number of rotatable bonds is 7. The van der Waals surface area contributed by atoms with Crippen LogP contribution in [0.25, 0.3) is 0 Å². The minimum atomic E-state index is -0.618. The topological polar surface area (TPSA) is 36.4 Å². The van der Waals surface area contributed by atoms with Gasteiger partial charge < -0.3 is 10.0 Å². The Bertz CT molecular complexity index is 577. The van der Waals surface area contributed by atoms with E-state index in [1.165, 1.54) is 0 Å². The zero-order valence-electron chi connectivity index (χ0n) is 13.8. The SMILES string of the molecule is CCCN(CCC)c1ncc([C@H](O)c2ccccc2)cc1C. The first-order valence-electron chi connectivity index (χ1n) is 8.11. The highest BCUT2D eigenvalue weighted by atomic mass is 16.3. The molecular weight excluding hydrogens is 272 g/mol. The molecule has 0 unspecified atom stereocenters. The van der Waals surface area contributed by atoms with E-state index in [-0.39, 0.29) is 0 Å². The van der Waals surface area contributed by atoms with E-state index in [1.807, 2.05) is 30.3 Å². The van der Waals surface area contributed by atoms with E-state index in [9.17, 15) is 5.11 Å². The summed E-state index contributed by atoms with van der Waals surface area (Å²) in [6.45, 7) is 8.48. The molecule has 0 amide bonds. The zero-order valence-corrected chi connectivity index (χ0v) is 13.8. The highest BCUT2D eigenvalue weighted by Crippen LogP contribution is 2.25.